The summed E-state index contributed by atoms with van der Waals surface area (Å²) in [5, 5.41) is 3.68. The number of benzene rings is 2. The molecular weight excluding hydrogens is 357 g/mol. The standard InChI is InChI=1S/C19H15Cl2N3O/c20-13-5-8-15(16(21)10-13)19(25)23-14-6-3-12(4-7-14)17-11-22-18-2-1-9-24(17)18/h3-8,10-11H,1-2,9H2,(H,23,25). The maximum Gasteiger partial charge on any atom is 0.257 e. The second kappa shape index (κ2) is 6.54. The Bertz CT molecular complexity index is 948. The highest BCUT2D eigenvalue weighted by molar-refractivity contribution is 6.37. The molecular formula is C19H15Cl2N3O. The lowest BCUT2D eigenvalue weighted by Crippen LogP contribution is -2.12. The Kier molecular flexibility index (Phi) is 4.24. The molecule has 0 bridgehead atoms. The second-order valence-corrected chi connectivity index (χ2v) is 6.81. The fourth-order valence-corrected chi connectivity index (χ4v) is 3.58. The lowest BCUT2D eigenvalue weighted by Gasteiger charge is -2.09. The van der Waals surface area contributed by atoms with Gasteiger partial charge in [0, 0.05) is 23.7 Å². The van der Waals surface area contributed by atoms with E-state index in [4.69, 9.17) is 23.2 Å². The number of nitrogens with zero attached hydrogens (tertiary/aromatic N) is 2. The monoisotopic (exact) mass is 371 g/mol. The number of aryl methyl sites for hydroxylation is 1. The highest BCUT2D eigenvalue weighted by atomic mass is 35.5. The summed E-state index contributed by atoms with van der Waals surface area (Å²) >= 11 is 11.9. The first-order chi connectivity index (χ1) is 12.1. The molecule has 0 unspecified atom stereocenters. The van der Waals surface area contributed by atoms with Crippen molar-refractivity contribution >= 4 is 34.8 Å². The van der Waals surface area contributed by atoms with Crippen LogP contribution in [-0.4, -0.2) is 15.5 Å². The summed E-state index contributed by atoms with van der Waals surface area (Å²) in [5.41, 5.74) is 3.30. The number of aromatic nitrogens is 2. The van der Waals surface area contributed by atoms with E-state index in [1.165, 1.54) is 0 Å². The maximum atomic E-state index is 12.4. The van der Waals surface area contributed by atoms with Gasteiger partial charge < -0.3 is 9.88 Å². The van der Waals surface area contributed by atoms with E-state index in [9.17, 15) is 4.79 Å². The molecule has 0 radical (unpaired) electrons. The summed E-state index contributed by atoms with van der Waals surface area (Å²) in [4.78, 5) is 16.8. The number of carbonyl (C=O) groups excluding carboxylic acids is 1. The molecule has 1 aromatic heterocycles. The minimum absolute atomic E-state index is 0.264. The van der Waals surface area contributed by atoms with Crippen molar-refractivity contribution in [2.45, 2.75) is 19.4 Å². The lowest BCUT2D eigenvalue weighted by atomic mass is 10.1. The lowest BCUT2D eigenvalue weighted by molar-refractivity contribution is 0.102. The van der Waals surface area contributed by atoms with E-state index in [0.717, 1.165) is 36.5 Å². The molecule has 25 heavy (non-hydrogen) atoms. The Labute approximate surface area is 155 Å². The van der Waals surface area contributed by atoms with E-state index in [-0.39, 0.29) is 5.91 Å². The van der Waals surface area contributed by atoms with Crippen LogP contribution >= 0.6 is 23.2 Å². The van der Waals surface area contributed by atoms with Crippen LogP contribution < -0.4 is 5.32 Å². The van der Waals surface area contributed by atoms with Crippen LogP contribution in [0, 0.1) is 0 Å². The molecule has 4 rings (SSSR count). The number of amides is 1. The summed E-state index contributed by atoms with van der Waals surface area (Å²) in [5.74, 6) is 0.879. The van der Waals surface area contributed by atoms with Crippen molar-refractivity contribution in [3.63, 3.8) is 0 Å². The van der Waals surface area contributed by atoms with Crippen LogP contribution in [0.15, 0.2) is 48.7 Å². The van der Waals surface area contributed by atoms with Gasteiger partial charge in [0.1, 0.15) is 5.82 Å². The third-order valence-electron chi connectivity index (χ3n) is 4.33. The molecule has 1 amide bonds. The largest absolute Gasteiger partial charge is 0.328 e. The highest BCUT2D eigenvalue weighted by Crippen LogP contribution is 2.27. The van der Waals surface area contributed by atoms with Crippen LogP contribution in [0.25, 0.3) is 11.3 Å². The molecule has 3 aromatic rings. The average molecular weight is 372 g/mol. The minimum Gasteiger partial charge on any atom is -0.328 e. The number of rotatable bonds is 3. The Hall–Kier alpha value is -2.30. The molecule has 0 fully saturated rings. The van der Waals surface area contributed by atoms with Gasteiger partial charge in [-0.25, -0.2) is 4.98 Å². The SMILES string of the molecule is O=C(Nc1ccc(-c2cnc3n2CCC3)cc1)c1ccc(Cl)cc1Cl. The number of hydrogen-bond donors (Lipinski definition) is 1. The quantitative estimate of drug-likeness (QED) is 0.699. The molecule has 1 aliphatic heterocycles. The zero-order valence-corrected chi connectivity index (χ0v) is 14.8. The van der Waals surface area contributed by atoms with E-state index < -0.39 is 0 Å². The van der Waals surface area contributed by atoms with Gasteiger partial charge in [0.2, 0.25) is 0 Å². The number of halogens is 2. The first kappa shape index (κ1) is 16.2. The summed E-state index contributed by atoms with van der Waals surface area (Å²) < 4.78 is 2.25. The number of fused-ring (bicyclic) bond motifs is 1. The molecule has 2 aromatic carbocycles. The van der Waals surface area contributed by atoms with Gasteiger partial charge in [0.05, 0.1) is 22.5 Å². The Morgan fingerprint density at radius 1 is 1.12 bits per heavy atom. The van der Waals surface area contributed by atoms with Gasteiger partial charge in [0.25, 0.3) is 5.91 Å². The zero-order chi connectivity index (χ0) is 17.4. The number of hydrogen-bond acceptors (Lipinski definition) is 2. The number of carbonyl (C=O) groups is 1. The van der Waals surface area contributed by atoms with Crippen molar-refractivity contribution in [3.8, 4) is 11.3 Å². The number of nitrogens with one attached hydrogen (secondary N) is 1. The minimum atomic E-state index is -0.264. The molecule has 0 saturated heterocycles. The van der Waals surface area contributed by atoms with Crippen LogP contribution in [-0.2, 0) is 13.0 Å². The van der Waals surface area contributed by atoms with E-state index in [0.29, 0.717) is 21.3 Å². The first-order valence-electron chi connectivity index (χ1n) is 8.03. The van der Waals surface area contributed by atoms with Crippen molar-refractivity contribution < 1.29 is 4.79 Å². The van der Waals surface area contributed by atoms with Crippen molar-refractivity contribution in [1.82, 2.24) is 9.55 Å². The van der Waals surface area contributed by atoms with E-state index in [1.807, 2.05) is 30.5 Å². The van der Waals surface area contributed by atoms with Crippen LogP contribution in [0.4, 0.5) is 5.69 Å². The molecule has 0 spiro atoms. The molecule has 1 aliphatic rings. The predicted molar refractivity (Wildman–Crippen MR) is 100 cm³/mol. The van der Waals surface area contributed by atoms with Gasteiger partial charge in [-0.15, -0.1) is 0 Å². The van der Waals surface area contributed by atoms with Crippen molar-refractivity contribution in [2.24, 2.45) is 0 Å². The highest BCUT2D eigenvalue weighted by Gasteiger charge is 2.16. The number of imidazole rings is 1. The molecule has 0 atom stereocenters. The molecule has 126 valence electrons. The predicted octanol–water partition coefficient (Wildman–Crippen LogP) is 5.06. The van der Waals surface area contributed by atoms with Gasteiger partial charge in [-0.05, 0) is 42.3 Å². The smallest absolute Gasteiger partial charge is 0.257 e. The van der Waals surface area contributed by atoms with Crippen LogP contribution in [0.3, 0.4) is 0 Å². The molecule has 4 nitrogen and oxygen atoms in total. The van der Waals surface area contributed by atoms with Gasteiger partial charge in [-0.2, -0.15) is 0 Å². The van der Waals surface area contributed by atoms with E-state index in [1.54, 1.807) is 18.2 Å². The molecule has 0 saturated carbocycles. The van der Waals surface area contributed by atoms with Crippen LogP contribution in [0.1, 0.15) is 22.6 Å². The van der Waals surface area contributed by atoms with E-state index in [2.05, 4.69) is 14.9 Å². The van der Waals surface area contributed by atoms with Crippen LogP contribution in [0.2, 0.25) is 10.0 Å². The van der Waals surface area contributed by atoms with Gasteiger partial charge in [-0.3, -0.25) is 4.79 Å². The first-order valence-corrected chi connectivity index (χ1v) is 8.78. The third-order valence-corrected chi connectivity index (χ3v) is 4.88. The molecule has 2 heterocycles. The average Bonchev–Trinajstić information content (AvgIpc) is 3.19. The summed E-state index contributed by atoms with van der Waals surface area (Å²) in [6.07, 6.45) is 4.09. The molecule has 1 N–H and O–H groups in total. The molecule has 6 heteroatoms. The maximum absolute atomic E-state index is 12.4. The Morgan fingerprint density at radius 2 is 1.92 bits per heavy atom. The van der Waals surface area contributed by atoms with Crippen molar-refractivity contribution in [3.05, 3.63) is 70.1 Å². The van der Waals surface area contributed by atoms with Crippen molar-refractivity contribution in [2.75, 3.05) is 5.32 Å². The zero-order valence-electron chi connectivity index (χ0n) is 13.3. The molecule has 0 aliphatic carbocycles. The Morgan fingerprint density at radius 3 is 2.68 bits per heavy atom. The fraction of sp³-hybridized carbons (Fsp3) is 0.158. The van der Waals surface area contributed by atoms with E-state index >= 15 is 0 Å². The number of anilines is 1. The fourth-order valence-electron chi connectivity index (χ4n) is 3.09. The summed E-state index contributed by atoms with van der Waals surface area (Å²) in [7, 11) is 0. The van der Waals surface area contributed by atoms with Gasteiger partial charge in [-0.1, -0.05) is 35.3 Å². The summed E-state index contributed by atoms with van der Waals surface area (Å²) in [6, 6.07) is 12.6. The third kappa shape index (κ3) is 3.15. The van der Waals surface area contributed by atoms with Crippen molar-refractivity contribution in [1.29, 1.82) is 0 Å². The Balaban J connectivity index is 1.53. The van der Waals surface area contributed by atoms with Gasteiger partial charge in [0.15, 0.2) is 0 Å². The van der Waals surface area contributed by atoms with Crippen LogP contribution in [0.5, 0.6) is 0 Å². The topological polar surface area (TPSA) is 46.9 Å². The summed E-state index contributed by atoms with van der Waals surface area (Å²) in [6.45, 7) is 1.01. The van der Waals surface area contributed by atoms with Gasteiger partial charge >= 0.3 is 0 Å². The second-order valence-electron chi connectivity index (χ2n) is 5.97. The normalized spacial score (nSPS) is 12.9.